The summed E-state index contributed by atoms with van der Waals surface area (Å²) in [5.41, 5.74) is 8.90. The maximum atomic E-state index is 4.01. The van der Waals surface area contributed by atoms with Crippen LogP contribution in [0.4, 0.5) is 17.1 Å². The Morgan fingerprint density at radius 2 is 0.960 bits per heavy atom. The van der Waals surface area contributed by atoms with Crippen LogP contribution >= 0.6 is 0 Å². The van der Waals surface area contributed by atoms with E-state index in [1.807, 2.05) is 12.2 Å². The minimum atomic E-state index is 1.05. The predicted molar refractivity (Wildman–Crippen MR) is 216 cm³/mol. The highest BCUT2D eigenvalue weighted by Gasteiger charge is 2.19. The first-order valence-electron chi connectivity index (χ1n) is 17.0. The second kappa shape index (κ2) is 12.1. The lowest BCUT2D eigenvalue weighted by Gasteiger charge is -2.26. The highest BCUT2D eigenvalue weighted by molar-refractivity contribution is 6.25. The van der Waals surface area contributed by atoms with E-state index in [2.05, 4.69) is 186 Å². The van der Waals surface area contributed by atoms with Gasteiger partial charge in [0.05, 0.1) is 11.0 Å². The van der Waals surface area contributed by atoms with Gasteiger partial charge in [-0.1, -0.05) is 141 Å². The molecular weight excluding hydrogens is 605 g/mol. The fourth-order valence-electron chi connectivity index (χ4n) is 7.65. The zero-order chi connectivity index (χ0) is 33.6. The first kappa shape index (κ1) is 29.5. The molecular formula is C48H34N2. The van der Waals surface area contributed by atoms with Crippen LogP contribution in [0.25, 0.3) is 65.4 Å². The molecule has 0 bridgehead atoms. The molecule has 1 heterocycles. The van der Waals surface area contributed by atoms with Crippen LogP contribution in [0.1, 0.15) is 5.56 Å². The minimum Gasteiger partial charge on any atom is -0.310 e. The molecule has 236 valence electrons. The van der Waals surface area contributed by atoms with E-state index in [-0.39, 0.29) is 0 Å². The molecule has 0 aliphatic carbocycles. The van der Waals surface area contributed by atoms with Crippen molar-refractivity contribution >= 4 is 76.8 Å². The summed E-state index contributed by atoms with van der Waals surface area (Å²) < 4.78 is 2.38. The second-order valence-electron chi connectivity index (χ2n) is 12.7. The summed E-state index contributed by atoms with van der Waals surface area (Å²) >= 11 is 0. The van der Waals surface area contributed by atoms with E-state index in [0.29, 0.717) is 0 Å². The third-order valence-electron chi connectivity index (χ3n) is 9.89. The van der Waals surface area contributed by atoms with Crippen molar-refractivity contribution in [1.29, 1.82) is 0 Å². The summed E-state index contributed by atoms with van der Waals surface area (Å²) in [6, 6.07) is 59.4. The molecule has 0 aliphatic rings. The fourth-order valence-corrected chi connectivity index (χ4v) is 7.65. The number of fused-ring (bicyclic) bond motifs is 9. The summed E-state index contributed by atoms with van der Waals surface area (Å²) in [5.74, 6) is 0. The van der Waals surface area contributed by atoms with E-state index in [1.54, 1.807) is 6.08 Å². The van der Waals surface area contributed by atoms with E-state index in [4.69, 9.17) is 0 Å². The largest absolute Gasteiger partial charge is 0.310 e. The third kappa shape index (κ3) is 4.73. The number of benzene rings is 8. The van der Waals surface area contributed by atoms with Crippen molar-refractivity contribution < 1.29 is 0 Å². The van der Waals surface area contributed by atoms with Crippen molar-refractivity contribution in [2.45, 2.75) is 0 Å². The number of rotatable bonds is 7. The van der Waals surface area contributed by atoms with Crippen LogP contribution in [0.5, 0.6) is 0 Å². The lowest BCUT2D eigenvalue weighted by atomic mass is 9.94. The Kier molecular flexibility index (Phi) is 7.14. The van der Waals surface area contributed by atoms with Crippen molar-refractivity contribution in [3.63, 3.8) is 0 Å². The monoisotopic (exact) mass is 638 g/mol. The number of nitrogens with zero attached hydrogens (tertiary/aromatic N) is 2. The minimum absolute atomic E-state index is 1.05. The lowest BCUT2D eigenvalue weighted by molar-refractivity contribution is 1.17. The Morgan fingerprint density at radius 3 is 1.60 bits per heavy atom. The zero-order valence-electron chi connectivity index (χ0n) is 27.6. The third-order valence-corrected chi connectivity index (χ3v) is 9.89. The smallest absolute Gasteiger partial charge is 0.0561 e. The maximum absolute atomic E-state index is 4.01. The van der Waals surface area contributed by atoms with Gasteiger partial charge in [0.1, 0.15) is 0 Å². The van der Waals surface area contributed by atoms with Gasteiger partial charge in [-0.3, -0.25) is 0 Å². The summed E-state index contributed by atoms with van der Waals surface area (Å²) in [5, 5.41) is 10.1. The predicted octanol–water partition coefficient (Wildman–Crippen LogP) is 13.5. The normalized spacial score (nSPS) is 11.9. The standard InChI is InChI=1S/C48H34N2/c1-3-14-33(4-2)34-23-25-36(26-24-34)50-47-22-13-12-21-44(47)45-30-28-38(32-48(45)50)49(35-15-6-5-7-16-35)37-27-29-43-41-19-9-8-17-39(41)40-18-10-11-20-42(40)46(43)31-37/h3-32H,1-2H2/b33-14+. The van der Waals surface area contributed by atoms with Crippen molar-refractivity contribution in [2.24, 2.45) is 0 Å². The molecule has 0 radical (unpaired) electrons. The van der Waals surface area contributed by atoms with Crippen LogP contribution in [0.15, 0.2) is 195 Å². The first-order valence-corrected chi connectivity index (χ1v) is 17.0. The van der Waals surface area contributed by atoms with E-state index in [0.717, 1.165) is 39.4 Å². The molecule has 0 saturated carbocycles. The number of para-hydroxylation sites is 2. The van der Waals surface area contributed by atoms with E-state index < -0.39 is 0 Å². The maximum Gasteiger partial charge on any atom is 0.0561 e. The SMILES string of the molecule is C=C/C=C(\C=C)c1ccc(-n2c3ccccc3c3ccc(N(c4ccccc4)c4ccc5c6ccccc6c6ccccc6c5c4)cc32)cc1. The molecule has 50 heavy (non-hydrogen) atoms. The number of aromatic nitrogens is 1. The Hall–Kier alpha value is -6.64. The number of anilines is 3. The molecule has 0 amide bonds. The molecule has 0 atom stereocenters. The molecule has 0 spiro atoms. The Labute approximate surface area is 291 Å². The summed E-state index contributed by atoms with van der Waals surface area (Å²) in [4.78, 5) is 2.38. The highest BCUT2D eigenvalue weighted by Crippen LogP contribution is 2.42. The van der Waals surface area contributed by atoms with Crippen LogP contribution in [-0.2, 0) is 0 Å². The van der Waals surface area contributed by atoms with E-state index in [9.17, 15) is 0 Å². The molecule has 1 aromatic heterocycles. The van der Waals surface area contributed by atoms with Gasteiger partial charge in [-0.25, -0.2) is 0 Å². The fraction of sp³-hybridized carbons (Fsp3) is 0. The van der Waals surface area contributed by atoms with Crippen molar-refractivity contribution in [3.8, 4) is 5.69 Å². The van der Waals surface area contributed by atoms with Gasteiger partial charge in [0.2, 0.25) is 0 Å². The van der Waals surface area contributed by atoms with Gasteiger partial charge < -0.3 is 9.47 Å². The lowest BCUT2D eigenvalue weighted by Crippen LogP contribution is -2.10. The van der Waals surface area contributed by atoms with Gasteiger partial charge in [-0.2, -0.15) is 0 Å². The number of allylic oxidation sites excluding steroid dienone is 4. The summed E-state index contributed by atoms with van der Waals surface area (Å²) in [7, 11) is 0. The first-order chi connectivity index (χ1) is 24.7. The molecule has 9 rings (SSSR count). The molecule has 0 aliphatic heterocycles. The van der Waals surface area contributed by atoms with Crippen molar-refractivity contribution in [2.75, 3.05) is 4.90 Å². The highest BCUT2D eigenvalue weighted by atomic mass is 15.1. The van der Waals surface area contributed by atoms with Gasteiger partial charge in [0.25, 0.3) is 0 Å². The Bertz CT molecular complexity index is 2750. The van der Waals surface area contributed by atoms with Gasteiger partial charge in [-0.15, -0.1) is 0 Å². The molecule has 0 saturated heterocycles. The van der Waals surface area contributed by atoms with Crippen LogP contribution < -0.4 is 4.90 Å². The quantitative estimate of drug-likeness (QED) is 0.125. The molecule has 0 fully saturated rings. The van der Waals surface area contributed by atoms with Crippen LogP contribution in [0, 0.1) is 0 Å². The molecule has 2 nitrogen and oxygen atoms in total. The van der Waals surface area contributed by atoms with E-state index in [1.165, 1.54) is 48.6 Å². The zero-order valence-corrected chi connectivity index (χ0v) is 27.6. The van der Waals surface area contributed by atoms with Gasteiger partial charge >= 0.3 is 0 Å². The van der Waals surface area contributed by atoms with Crippen LogP contribution in [0.3, 0.4) is 0 Å². The van der Waals surface area contributed by atoms with Crippen LogP contribution in [0.2, 0.25) is 0 Å². The van der Waals surface area contributed by atoms with E-state index >= 15 is 0 Å². The summed E-state index contributed by atoms with van der Waals surface area (Å²) in [6.45, 7) is 7.88. The van der Waals surface area contributed by atoms with Crippen molar-refractivity contribution in [1.82, 2.24) is 4.57 Å². The topological polar surface area (TPSA) is 8.17 Å². The second-order valence-corrected chi connectivity index (χ2v) is 12.7. The number of hydrogen-bond donors (Lipinski definition) is 0. The summed E-state index contributed by atoms with van der Waals surface area (Å²) in [6.07, 6.45) is 5.67. The Morgan fingerprint density at radius 1 is 0.440 bits per heavy atom. The number of hydrogen-bond acceptors (Lipinski definition) is 1. The van der Waals surface area contributed by atoms with Crippen molar-refractivity contribution in [3.05, 3.63) is 201 Å². The average molecular weight is 639 g/mol. The molecule has 0 N–H and O–H groups in total. The van der Waals surface area contributed by atoms with Gasteiger partial charge in [-0.05, 0) is 98.1 Å². The Balaban J connectivity index is 1.28. The molecule has 9 aromatic rings. The molecule has 8 aromatic carbocycles. The molecule has 2 heteroatoms. The van der Waals surface area contributed by atoms with Gasteiger partial charge in [0.15, 0.2) is 0 Å². The van der Waals surface area contributed by atoms with Gasteiger partial charge in [0, 0.05) is 33.5 Å². The molecule has 0 unspecified atom stereocenters. The van der Waals surface area contributed by atoms with Crippen LogP contribution in [-0.4, -0.2) is 4.57 Å². The average Bonchev–Trinajstić information content (AvgIpc) is 3.51.